The molecule has 1 aliphatic heterocycles. The summed E-state index contributed by atoms with van der Waals surface area (Å²) in [7, 11) is -1.13. The van der Waals surface area contributed by atoms with Crippen molar-refractivity contribution in [2.45, 2.75) is 30.6 Å². The second-order valence-corrected chi connectivity index (χ2v) is 6.70. The molecule has 1 unspecified atom stereocenters. The number of aryl methyl sites for hydroxylation is 1. The van der Waals surface area contributed by atoms with Crippen LogP contribution >= 0.6 is 0 Å². The lowest BCUT2D eigenvalue weighted by molar-refractivity contribution is 0.597. The van der Waals surface area contributed by atoms with Crippen LogP contribution in [-0.2, 0) is 16.3 Å². The van der Waals surface area contributed by atoms with Crippen molar-refractivity contribution in [3.05, 3.63) is 29.3 Å². The molecule has 0 radical (unpaired) electrons. The van der Waals surface area contributed by atoms with Gasteiger partial charge in [0, 0.05) is 0 Å². The van der Waals surface area contributed by atoms with Gasteiger partial charge in [-0.1, -0.05) is 25.1 Å². The van der Waals surface area contributed by atoms with Gasteiger partial charge in [0.1, 0.15) is 0 Å². The van der Waals surface area contributed by atoms with Crippen LogP contribution in [-0.4, -0.2) is 27.8 Å². The number of sulfone groups is 1. The van der Waals surface area contributed by atoms with Crippen molar-refractivity contribution in [2.75, 3.05) is 19.3 Å². The molecule has 3 nitrogen and oxygen atoms in total. The summed E-state index contributed by atoms with van der Waals surface area (Å²) in [4.78, 5) is 0.614. The van der Waals surface area contributed by atoms with Gasteiger partial charge in [-0.05, 0) is 43.5 Å². The second-order valence-electron chi connectivity index (χ2n) is 4.73. The second kappa shape index (κ2) is 4.78. The number of nitrogens with one attached hydrogen (secondary N) is 1. The number of hydrogen-bond acceptors (Lipinski definition) is 3. The summed E-state index contributed by atoms with van der Waals surface area (Å²) in [6.07, 6.45) is 1.80. The minimum Gasteiger partial charge on any atom is -0.320 e. The first-order valence-corrected chi connectivity index (χ1v) is 7.70. The van der Waals surface area contributed by atoms with Crippen LogP contribution in [0.4, 0.5) is 0 Å². The highest BCUT2D eigenvalue weighted by Gasteiger charge is 2.33. The maximum Gasteiger partial charge on any atom is 0.179 e. The molecule has 1 aromatic carbocycles. The van der Waals surface area contributed by atoms with Crippen LogP contribution in [0.1, 0.15) is 30.4 Å². The SMILES string of the molecule is CNCCCc1cccc2c1S(=O)(=O)CC2C. The molecule has 1 N–H and O–H groups in total. The highest BCUT2D eigenvalue weighted by molar-refractivity contribution is 7.91. The van der Waals surface area contributed by atoms with E-state index >= 15 is 0 Å². The van der Waals surface area contributed by atoms with E-state index in [1.54, 1.807) is 0 Å². The molecule has 0 spiro atoms. The Bertz CT molecular complexity index is 508. The number of fused-ring (bicyclic) bond motifs is 1. The first kappa shape index (κ1) is 12.6. The number of rotatable bonds is 4. The first-order valence-electron chi connectivity index (χ1n) is 6.05. The van der Waals surface area contributed by atoms with Gasteiger partial charge < -0.3 is 5.32 Å². The molecule has 0 bridgehead atoms. The van der Waals surface area contributed by atoms with Gasteiger partial charge in [0.15, 0.2) is 9.84 Å². The lowest BCUT2D eigenvalue weighted by Crippen LogP contribution is -2.10. The Morgan fingerprint density at radius 3 is 2.88 bits per heavy atom. The maximum absolute atomic E-state index is 12.1. The fourth-order valence-corrected chi connectivity index (χ4v) is 4.73. The van der Waals surface area contributed by atoms with Gasteiger partial charge in [0.25, 0.3) is 0 Å². The topological polar surface area (TPSA) is 46.2 Å². The molecule has 4 heteroatoms. The molecule has 0 saturated carbocycles. The lowest BCUT2D eigenvalue weighted by atomic mass is 9.99. The molecular formula is C13H19NO2S. The third-order valence-corrected chi connectivity index (χ3v) is 5.37. The molecule has 1 atom stereocenters. The normalized spacial score (nSPS) is 21.4. The van der Waals surface area contributed by atoms with Gasteiger partial charge >= 0.3 is 0 Å². The summed E-state index contributed by atoms with van der Waals surface area (Å²) in [6.45, 7) is 2.90. The summed E-state index contributed by atoms with van der Waals surface area (Å²) in [6, 6.07) is 5.88. The fourth-order valence-electron chi connectivity index (χ4n) is 2.53. The monoisotopic (exact) mass is 253 g/mol. The summed E-state index contributed by atoms with van der Waals surface area (Å²) >= 11 is 0. The molecule has 1 aromatic rings. The van der Waals surface area contributed by atoms with Crippen molar-refractivity contribution >= 4 is 9.84 Å². The van der Waals surface area contributed by atoms with Crippen molar-refractivity contribution in [3.8, 4) is 0 Å². The Kier molecular flexibility index (Phi) is 3.54. The highest BCUT2D eigenvalue weighted by atomic mass is 32.2. The van der Waals surface area contributed by atoms with Crippen LogP contribution in [0.5, 0.6) is 0 Å². The molecular weight excluding hydrogens is 234 g/mol. The quantitative estimate of drug-likeness (QED) is 0.831. The van der Waals surface area contributed by atoms with Gasteiger partial charge in [0.2, 0.25) is 0 Å². The molecule has 0 aliphatic carbocycles. The molecule has 0 fully saturated rings. The van der Waals surface area contributed by atoms with E-state index < -0.39 is 9.84 Å². The van der Waals surface area contributed by atoms with E-state index in [0.717, 1.165) is 30.5 Å². The van der Waals surface area contributed by atoms with Crippen LogP contribution in [0, 0.1) is 0 Å². The minimum absolute atomic E-state index is 0.138. The number of benzene rings is 1. The van der Waals surface area contributed by atoms with Crippen LogP contribution in [0.15, 0.2) is 23.1 Å². The Balaban J connectivity index is 2.36. The largest absolute Gasteiger partial charge is 0.320 e. The van der Waals surface area contributed by atoms with Crippen molar-refractivity contribution in [3.63, 3.8) is 0 Å². The summed E-state index contributed by atoms with van der Waals surface area (Å²) in [5, 5.41) is 3.09. The van der Waals surface area contributed by atoms with Crippen molar-refractivity contribution in [1.82, 2.24) is 5.32 Å². The molecule has 0 saturated heterocycles. The standard InChI is InChI=1S/C13H19NO2S/c1-10-9-17(15,16)13-11(6-4-8-14-2)5-3-7-12(10)13/h3,5,7,10,14H,4,6,8-9H2,1-2H3. The van der Waals surface area contributed by atoms with Crippen LogP contribution in [0.25, 0.3) is 0 Å². The highest BCUT2D eigenvalue weighted by Crippen LogP contribution is 2.37. The van der Waals surface area contributed by atoms with Gasteiger partial charge in [-0.2, -0.15) is 0 Å². The first-order chi connectivity index (χ1) is 8.06. The van der Waals surface area contributed by atoms with Gasteiger partial charge in [-0.3, -0.25) is 0 Å². The zero-order valence-electron chi connectivity index (χ0n) is 10.4. The molecule has 0 amide bonds. The Morgan fingerprint density at radius 1 is 1.41 bits per heavy atom. The van der Waals surface area contributed by atoms with Gasteiger partial charge in [-0.15, -0.1) is 0 Å². The average Bonchev–Trinajstić information content (AvgIpc) is 2.51. The van der Waals surface area contributed by atoms with Crippen molar-refractivity contribution < 1.29 is 8.42 Å². The van der Waals surface area contributed by atoms with E-state index in [-0.39, 0.29) is 11.7 Å². The molecule has 17 heavy (non-hydrogen) atoms. The number of hydrogen-bond donors (Lipinski definition) is 1. The molecule has 1 aliphatic rings. The molecule has 0 aromatic heterocycles. The Hall–Kier alpha value is -0.870. The predicted molar refractivity (Wildman–Crippen MR) is 69.2 cm³/mol. The van der Waals surface area contributed by atoms with E-state index in [2.05, 4.69) is 5.32 Å². The predicted octanol–water partition coefficient (Wildman–Crippen LogP) is 1.73. The maximum atomic E-state index is 12.1. The van der Waals surface area contributed by atoms with E-state index in [1.165, 1.54) is 0 Å². The molecule has 94 valence electrons. The molecule has 2 rings (SSSR count). The van der Waals surface area contributed by atoms with Crippen molar-refractivity contribution in [1.29, 1.82) is 0 Å². The molecule has 1 heterocycles. The third-order valence-electron chi connectivity index (χ3n) is 3.31. The zero-order valence-corrected chi connectivity index (χ0v) is 11.2. The summed E-state index contributed by atoms with van der Waals surface area (Å²) in [5.41, 5.74) is 1.99. The van der Waals surface area contributed by atoms with Gasteiger partial charge in [-0.25, -0.2) is 8.42 Å². The van der Waals surface area contributed by atoms with Crippen LogP contribution < -0.4 is 5.32 Å². The third kappa shape index (κ3) is 2.38. The van der Waals surface area contributed by atoms with Crippen molar-refractivity contribution in [2.24, 2.45) is 0 Å². The van der Waals surface area contributed by atoms with E-state index in [9.17, 15) is 8.42 Å². The van der Waals surface area contributed by atoms with E-state index in [0.29, 0.717) is 4.90 Å². The van der Waals surface area contributed by atoms with Crippen LogP contribution in [0.2, 0.25) is 0 Å². The lowest BCUT2D eigenvalue weighted by Gasteiger charge is -2.08. The minimum atomic E-state index is -3.04. The summed E-state index contributed by atoms with van der Waals surface area (Å²) in [5.74, 6) is 0.407. The zero-order chi connectivity index (χ0) is 12.5. The Labute approximate surface area is 103 Å². The summed E-state index contributed by atoms with van der Waals surface area (Å²) < 4.78 is 24.2. The fraction of sp³-hybridized carbons (Fsp3) is 0.538. The van der Waals surface area contributed by atoms with E-state index in [4.69, 9.17) is 0 Å². The van der Waals surface area contributed by atoms with E-state index in [1.807, 2.05) is 32.2 Å². The van der Waals surface area contributed by atoms with Crippen LogP contribution in [0.3, 0.4) is 0 Å². The smallest absolute Gasteiger partial charge is 0.179 e. The average molecular weight is 253 g/mol. The Morgan fingerprint density at radius 2 is 2.18 bits per heavy atom. The van der Waals surface area contributed by atoms with Gasteiger partial charge in [0.05, 0.1) is 10.6 Å².